The van der Waals surface area contributed by atoms with Crippen molar-refractivity contribution in [2.24, 2.45) is 0 Å². The molecule has 0 spiro atoms. The van der Waals surface area contributed by atoms with Crippen molar-refractivity contribution in [2.45, 2.75) is 44.6 Å². The number of ether oxygens (including phenoxy) is 3. The van der Waals surface area contributed by atoms with Gasteiger partial charge in [-0.25, -0.2) is 4.98 Å². The number of methoxy groups -OCH3 is 2. The second-order valence-corrected chi connectivity index (χ2v) is 10.9. The monoisotopic (exact) mass is 522 g/mol. The third-order valence-corrected chi connectivity index (χ3v) is 8.64. The summed E-state index contributed by atoms with van der Waals surface area (Å²) in [6.07, 6.45) is 9.08. The van der Waals surface area contributed by atoms with Crippen molar-refractivity contribution >= 4 is 17.5 Å². The Morgan fingerprint density at radius 1 is 0.842 bits per heavy atom. The van der Waals surface area contributed by atoms with Gasteiger partial charge in [-0.2, -0.15) is 4.98 Å². The van der Waals surface area contributed by atoms with Crippen LogP contribution in [0.5, 0.6) is 11.5 Å². The van der Waals surface area contributed by atoms with Gasteiger partial charge in [0.2, 0.25) is 5.95 Å². The van der Waals surface area contributed by atoms with Crippen molar-refractivity contribution in [2.75, 3.05) is 94.4 Å². The SMILES string of the molecule is COc1cc2c(cc1OC)C(CCN1CCN(c3nc(N4CCCC4)ncc3N3CCCC3)CC1)OCC2. The van der Waals surface area contributed by atoms with Crippen LogP contribution in [0.2, 0.25) is 0 Å². The average Bonchev–Trinajstić information content (AvgIpc) is 3.70. The molecule has 4 aliphatic rings. The third-order valence-electron chi connectivity index (χ3n) is 8.64. The Morgan fingerprint density at radius 2 is 1.53 bits per heavy atom. The molecule has 1 aromatic heterocycles. The van der Waals surface area contributed by atoms with Gasteiger partial charge < -0.3 is 28.9 Å². The summed E-state index contributed by atoms with van der Waals surface area (Å²) in [4.78, 5) is 19.9. The highest BCUT2D eigenvalue weighted by Gasteiger charge is 2.28. The topological polar surface area (TPSA) is 66.4 Å². The van der Waals surface area contributed by atoms with Gasteiger partial charge in [0.15, 0.2) is 17.3 Å². The van der Waals surface area contributed by atoms with Crippen LogP contribution in [0.3, 0.4) is 0 Å². The minimum absolute atomic E-state index is 0.100. The maximum Gasteiger partial charge on any atom is 0.227 e. The Morgan fingerprint density at radius 3 is 2.24 bits per heavy atom. The highest BCUT2D eigenvalue weighted by Crippen LogP contribution is 2.38. The molecule has 6 rings (SSSR count). The van der Waals surface area contributed by atoms with Crippen molar-refractivity contribution in [1.82, 2.24) is 14.9 Å². The first-order valence-corrected chi connectivity index (χ1v) is 14.4. The average molecular weight is 523 g/mol. The van der Waals surface area contributed by atoms with E-state index in [1.807, 2.05) is 0 Å². The minimum atomic E-state index is 0.100. The normalized spacial score (nSPS) is 22.2. The van der Waals surface area contributed by atoms with Crippen LogP contribution in [-0.4, -0.2) is 94.6 Å². The Balaban J connectivity index is 1.11. The second kappa shape index (κ2) is 11.5. The molecule has 4 aliphatic heterocycles. The highest BCUT2D eigenvalue weighted by atomic mass is 16.5. The molecule has 206 valence electrons. The van der Waals surface area contributed by atoms with Crippen molar-refractivity contribution in [3.05, 3.63) is 29.5 Å². The van der Waals surface area contributed by atoms with E-state index in [9.17, 15) is 0 Å². The molecular formula is C29H42N6O3. The van der Waals surface area contributed by atoms with Crippen LogP contribution >= 0.6 is 0 Å². The molecule has 0 N–H and O–H groups in total. The van der Waals surface area contributed by atoms with E-state index in [1.54, 1.807) is 14.2 Å². The van der Waals surface area contributed by atoms with Crippen molar-refractivity contribution < 1.29 is 14.2 Å². The predicted octanol–water partition coefficient (Wildman–Crippen LogP) is 3.52. The second-order valence-electron chi connectivity index (χ2n) is 10.9. The fraction of sp³-hybridized carbons (Fsp3) is 0.655. The van der Waals surface area contributed by atoms with Gasteiger partial charge in [-0.3, -0.25) is 4.90 Å². The first-order valence-electron chi connectivity index (χ1n) is 14.4. The lowest BCUT2D eigenvalue weighted by molar-refractivity contribution is 0.0286. The van der Waals surface area contributed by atoms with Crippen LogP contribution in [0.4, 0.5) is 17.5 Å². The quantitative estimate of drug-likeness (QED) is 0.518. The number of rotatable bonds is 8. The van der Waals surface area contributed by atoms with Crippen LogP contribution in [0.25, 0.3) is 0 Å². The summed E-state index contributed by atoms with van der Waals surface area (Å²) in [5.41, 5.74) is 3.78. The number of piperazine rings is 1. The lowest BCUT2D eigenvalue weighted by Crippen LogP contribution is -2.47. The predicted molar refractivity (Wildman–Crippen MR) is 150 cm³/mol. The first kappa shape index (κ1) is 25.5. The van der Waals surface area contributed by atoms with Crippen LogP contribution < -0.4 is 24.2 Å². The molecule has 9 heteroatoms. The number of fused-ring (bicyclic) bond motifs is 1. The number of nitrogens with zero attached hydrogens (tertiary/aromatic N) is 6. The lowest BCUT2D eigenvalue weighted by Gasteiger charge is -2.38. The molecule has 1 atom stereocenters. The zero-order chi connectivity index (χ0) is 25.9. The molecule has 2 aromatic rings. The van der Waals surface area contributed by atoms with E-state index in [-0.39, 0.29) is 6.10 Å². The van der Waals surface area contributed by atoms with E-state index in [2.05, 4.69) is 37.9 Å². The van der Waals surface area contributed by atoms with Gasteiger partial charge in [-0.05, 0) is 61.8 Å². The smallest absolute Gasteiger partial charge is 0.227 e. The largest absolute Gasteiger partial charge is 0.493 e. The standard InChI is InChI=1S/C29H42N6O3/c1-36-26-19-22-8-18-38-25(23(22)20-27(26)37-2)7-13-32-14-16-34(17-15-32)28-24(33-9-3-4-10-33)21-30-29(31-28)35-11-5-6-12-35/h19-21,25H,3-18H2,1-2H3. The summed E-state index contributed by atoms with van der Waals surface area (Å²) in [6.45, 7) is 10.2. The molecule has 1 aromatic carbocycles. The van der Waals surface area contributed by atoms with Crippen LogP contribution in [-0.2, 0) is 11.2 Å². The molecule has 5 heterocycles. The fourth-order valence-electron chi connectivity index (χ4n) is 6.42. The minimum Gasteiger partial charge on any atom is -0.493 e. The summed E-state index contributed by atoms with van der Waals surface area (Å²) in [5.74, 6) is 3.62. The van der Waals surface area contributed by atoms with Crippen molar-refractivity contribution in [1.29, 1.82) is 0 Å². The van der Waals surface area contributed by atoms with Crippen LogP contribution in [0, 0.1) is 0 Å². The molecule has 9 nitrogen and oxygen atoms in total. The number of benzene rings is 1. The number of anilines is 3. The van der Waals surface area contributed by atoms with E-state index >= 15 is 0 Å². The van der Waals surface area contributed by atoms with Crippen LogP contribution in [0.15, 0.2) is 18.3 Å². The van der Waals surface area contributed by atoms with Crippen molar-refractivity contribution in [3.8, 4) is 11.5 Å². The highest BCUT2D eigenvalue weighted by molar-refractivity contribution is 5.68. The number of aromatic nitrogens is 2. The molecule has 38 heavy (non-hydrogen) atoms. The molecule has 0 bridgehead atoms. The molecule has 0 amide bonds. The van der Waals surface area contributed by atoms with Crippen LogP contribution in [0.1, 0.15) is 49.3 Å². The van der Waals surface area contributed by atoms with Gasteiger partial charge in [0.1, 0.15) is 0 Å². The Kier molecular flexibility index (Phi) is 7.74. The molecule has 0 aliphatic carbocycles. The van der Waals surface area contributed by atoms with E-state index < -0.39 is 0 Å². The van der Waals surface area contributed by atoms with E-state index in [1.165, 1.54) is 42.5 Å². The summed E-state index contributed by atoms with van der Waals surface area (Å²) >= 11 is 0. The summed E-state index contributed by atoms with van der Waals surface area (Å²) in [5, 5.41) is 0. The Hall–Kier alpha value is -2.78. The molecule has 1 unspecified atom stereocenters. The van der Waals surface area contributed by atoms with E-state index in [4.69, 9.17) is 24.2 Å². The van der Waals surface area contributed by atoms with Gasteiger partial charge in [0.25, 0.3) is 0 Å². The molecule has 0 radical (unpaired) electrons. The summed E-state index contributed by atoms with van der Waals surface area (Å²) in [7, 11) is 3.40. The Bertz CT molecular complexity index is 1090. The third kappa shape index (κ3) is 5.23. The number of hydrogen-bond donors (Lipinski definition) is 0. The molecular weight excluding hydrogens is 480 g/mol. The van der Waals surface area contributed by atoms with Gasteiger partial charge in [0.05, 0.1) is 38.8 Å². The molecule has 3 fully saturated rings. The zero-order valence-electron chi connectivity index (χ0n) is 23.0. The van der Waals surface area contributed by atoms with E-state index in [0.29, 0.717) is 0 Å². The van der Waals surface area contributed by atoms with E-state index in [0.717, 1.165) is 102 Å². The maximum atomic E-state index is 6.23. The lowest BCUT2D eigenvalue weighted by atomic mass is 9.94. The number of hydrogen-bond acceptors (Lipinski definition) is 9. The zero-order valence-corrected chi connectivity index (χ0v) is 23.0. The Labute approximate surface area is 226 Å². The van der Waals surface area contributed by atoms with Crippen molar-refractivity contribution in [3.63, 3.8) is 0 Å². The summed E-state index contributed by atoms with van der Waals surface area (Å²) < 4.78 is 17.3. The fourth-order valence-corrected chi connectivity index (χ4v) is 6.42. The first-order chi connectivity index (χ1) is 18.7. The van der Waals surface area contributed by atoms with Gasteiger partial charge in [-0.15, -0.1) is 0 Å². The van der Waals surface area contributed by atoms with Gasteiger partial charge >= 0.3 is 0 Å². The van der Waals surface area contributed by atoms with Gasteiger partial charge in [0, 0.05) is 58.9 Å². The van der Waals surface area contributed by atoms with Gasteiger partial charge in [-0.1, -0.05) is 0 Å². The maximum absolute atomic E-state index is 6.23. The molecule has 3 saturated heterocycles. The summed E-state index contributed by atoms with van der Waals surface area (Å²) in [6, 6.07) is 4.24. The molecule has 0 saturated carbocycles.